The van der Waals surface area contributed by atoms with Gasteiger partial charge in [-0.2, -0.15) is 0 Å². The maximum Gasteiger partial charge on any atom is 0.460 e. The van der Waals surface area contributed by atoms with Gasteiger partial charge >= 0.3 is 7.12 Å². The van der Waals surface area contributed by atoms with Crippen LogP contribution in [0.1, 0.15) is 57.2 Å². The fourth-order valence-corrected chi connectivity index (χ4v) is 4.64. The number of hydrogen-bond acceptors (Lipinski definition) is 5. The van der Waals surface area contributed by atoms with E-state index >= 15 is 0 Å². The van der Waals surface area contributed by atoms with Gasteiger partial charge in [-0.25, -0.2) is 0 Å². The van der Waals surface area contributed by atoms with Gasteiger partial charge in [0.15, 0.2) is 0 Å². The molecule has 152 valence electrons. The van der Waals surface area contributed by atoms with Crippen LogP contribution in [0.3, 0.4) is 0 Å². The molecular formula is C22H28BN3O3. The number of amides is 1. The van der Waals surface area contributed by atoms with E-state index in [0.29, 0.717) is 31.1 Å². The zero-order chi connectivity index (χ0) is 20.4. The Morgan fingerprint density at radius 1 is 1.17 bits per heavy atom. The van der Waals surface area contributed by atoms with Gasteiger partial charge in [-0.15, -0.1) is 0 Å². The van der Waals surface area contributed by atoms with Crippen molar-refractivity contribution in [2.75, 3.05) is 19.6 Å². The zero-order valence-corrected chi connectivity index (χ0v) is 16.6. The molecular weight excluding hydrogens is 365 g/mol. The third-order valence-electron chi connectivity index (χ3n) is 6.31. The first-order valence-corrected chi connectivity index (χ1v) is 10.3. The molecule has 1 atom stereocenters. The highest BCUT2D eigenvalue weighted by atomic mass is 16.4. The summed E-state index contributed by atoms with van der Waals surface area (Å²) in [7, 11) is -1.44. The van der Waals surface area contributed by atoms with Crippen molar-refractivity contribution in [3.63, 3.8) is 0 Å². The fourth-order valence-electron chi connectivity index (χ4n) is 4.64. The number of hydrogen-bond donors (Lipinski definition) is 4. The smallest absolute Gasteiger partial charge is 0.427 e. The summed E-state index contributed by atoms with van der Waals surface area (Å²) in [5.74, 6) is 0.0729. The number of fused-ring (bicyclic) bond motifs is 1. The molecule has 2 aromatic carbocycles. The van der Waals surface area contributed by atoms with E-state index in [9.17, 15) is 14.8 Å². The molecule has 1 amide bonds. The average molecular weight is 393 g/mol. The number of carbonyl (C=O) groups excluding carboxylic acids is 1. The Labute approximate surface area is 171 Å². The summed E-state index contributed by atoms with van der Waals surface area (Å²) in [6, 6.07) is 14.0. The molecule has 2 heterocycles. The molecule has 0 saturated carbocycles. The van der Waals surface area contributed by atoms with Crippen molar-refractivity contribution in [2.45, 2.75) is 37.7 Å². The Morgan fingerprint density at radius 3 is 2.66 bits per heavy atom. The van der Waals surface area contributed by atoms with Gasteiger partial charge in [0.25, 0.3) is 5.91 Å². The second kappa shape index (κ2) is 8.67. The van der Waals surface area contributed by atoms with Gasteiger partial charge in [0.05, 0.1) is 0 Å². The molecule has 1 fully saturated rings. The van der Waals surface area contributed by atoms with E-state index in [0.717, 1.165) is 42.6 Å². The van der Waals surface area contributed by atoms with E-state index < -0.39 is 12.9 Å². The molecule has 2 aliphatic rings. The third kappa shape index (κ3) is 4.09. The van der Waals surface area contributed by atoms with Crippen LogP contribution in [0, 0.1) is 0 Å². The van der Waals surface area contributed by atoms with Crippen molar-refractivity contribution >= 4 is 13.0 Å². The highest BCUT2D eigenvalue weighted by Crippen LogP contribution is 2.31. The number of likely N-dealkylation sites (tertiary alicyclic amines) is 1. The van der Waals surface area contributed by atoms with E-state index in [2.05, 4.69) is 23.5 Å². The van der Waals surface area contributed by atoms with E-state index in [1.807, 2.05) is 29.2 Å². The third-order valence-corrected chi connectivity index (χ3v) is 6.31. The summed E-state index contributed by atoms with van der Waals surface area (Å²) in [4.78, 5) is 15.2. The molecule has 0 aromatic heterocycles. The van der Waals surface area contributed by atoms with Crippen molar-refractivity contribution in [2.24, 2.45) is 5.73 Å². The zero-order valence-electron chi connectivity index (χ0n) is 16.6. The van der Waals surface area contributed by atoms with Crippen molar-refractivity contribution in [1.82, 2.24) is 10.2 Å². The Balaban J connectivity index is 1.48. The maximum absolute atomic E-state index is 13.2. The molecule has 29 heavy (non-hydrogen) atoms. The van der Waals surface area contributed by atoms with Crippen LogP contribution < -0.4 is 11.1 Å². The lowest BCUT2D eigenvalue weighted by atomic mass is 9.66. The number of benzene rings is 2. The largest absolute Gasteiger partial charge is 0.460 e. The van der Waals surface area contributed by atoms with E-state index in [1.54, 1.807) is 0 Å². The number of nitrogens with one attached hydrogen (secondary N) is 1. The van der Waals surface area contributed by atoms with Crippen LogP contribution in [0.5, 0.6) is 0 Å². The minimum atomic E-state index is -1.44. The lowest BCUT2D eigenvalue weighted by Gasteiger charge is -2.34. The molecule has 6 nitrogen and oxygen atoms in total. The minimum Gasteiger partial charge on any atom is -0.427 e. The van der Waals surface area contributed by atoms with Gasteiger partial charge in [0.1, 0.15) is 0 Å². The van der Waals surface area contributed by atoms with Crippen LogP contribution in [-0.2, 0) is 13.1 Å². The van der Waals surface area contributed by atoms with Crippen molar-refractivity contribution in [3.05, 3.63) is 70.3 Å². The van der Waals surface area contributed by atoms with E-state index in [1.165, 1.54) is 5.56 Å². The summed E-state index contributed by atoms with van der Waals surface area (Å²) >= 11 is 0. The normalized spacial score (nSPS) is 19.7. The van der Waals surface area contributed by atoms with Gasteiger partial charge in [0.2, 0.25) is 0 Å². The lowest BCUT2D eigenvalue weighted by Crippen LogP contribution is -2.41. The first-order chi connectivity index (χ1) is 14.1. The molecule has 5 N–H and O–H groups in total. The Morgan fingerprint density at radius 2 is 1.93 bits per heavy atom. The van der Waals surface area contributed by atoms with Gasteiger partial charge in [-0.3, -0.25) is 4.79 Å². The Bertz CT molecular complexity index is 881. The maximum atomic E-state index is 13.2. The van der Waals surface area contributed by atoms with Gasteiger partial charge < -0.3 is 26.0 Å². The SMILES string of the molecule is NCc1cccc(C2CCN(C(=O)c3cccc4c3CNCC4B(O)O)CC2)c1. The second-order valence-electron chi connectivity index (χ2n) is 8.04. The average Bonchev–Trinajstić information content (AvgIpc) is 2.77. The molecule has 0 radical (unpaired) electrons. The van der Waals surface area contributed by atoms with Gasteiger partial charge in [0, 0.05) is 44.1 Å². The number of rotatable bonds is 4. The van der Waals surface area contributed by atoms with Crippen molar-refractivity contribution < 1.29 is 14.8 Å². The molecule has 1 unspecified atom stereocenters. The van der Waals surface area contributed by atoms with Crippen LogP contribution in [0.4, 0.5) is 0 Å². The summed E-state index contributed by atoms with van der Waals surface area (Å²) in [5, 5.41) is 22.6. The molecule has 7 heteroatoms. The highest BCUT2D eigenvalue weighted by Gasteiger charge is 2.33. The molecule has 0 bridgehead atoms. The first-order valence-electron chi connectivity index (χ1n) is 10.3. The van der Waals surface area contributed by atoms with Crippen molar-refractivity contribution in [1.29, 1.82) is 0 Å². The molecule has 0 spiro atoms. The molecule has 4 rings (SSSR count). The minimum absolute atomic E-state index is 0.0332. The quantitative estimate of drug-likeness (QED) is 0.588. The van der Waals surface area contributed by atoms with Crippen LogP contribution >= 0.6 is 0 Å². The molecule has 1 saturated heterocycles. The van der Waals surface area contributed by atoms with Gasteiger partial charge in [-0.05, 0) is 47.1 Å². The number of nitrogens with zero attached hydrogens (tertiary/aromatic N) is 1. The molecule has 0 aliphatic carbocycles. The van der Waals surface area contributed by atoms with Crippen LogP contribution in [0.2, 0.25) is 0 Å². The summed E-state index contributed by atoms with van der Waals surface area (Å²) in [5.41, 5.74) is 10.6. The second-order valence-corrected chi connectivity index (χ2v) is 8.04. The highest BCUT2D eigenvalue weighted by molar-refractivity contribution is 6.43. The monoisotopic (exact) mass is 393 g/mol. The Kier molecular flexibility index (Phi) is 6.01. The van der Waals surface area contributed by atoms with E-state index in [-0.39, 0.29) is 5.91 Å². The predicted molar refractivity (Wildman–Crippen MR) is 113 cm³/mol. The predicted octanol–water partition coefficient (Wildman–Crippen LogP) is 1.36. The van der Waals surface area contributed by atoms with Crippen LogP contribution in [0.25, 0.3) is 0 Å². The molecule has 2 aromatic rings. The summed E-state index contributed by atoms with van der Waals surface area (Å²) < 4.78 is 0. The number of piperidine rings is 1. The first kappa shape index (κ1) is 20.1. The van der Waals surface area contributed by atoms with Gasteiger partial charge in [-0.1, -0.05) is 36.4 Å². The summed E-state index contributed by atoms with van der Waals surface area (Å²) in [6.45, 7) is 3.05. The summed E-state index contributed by atoms with van der Waals surface area (Å²) in [6.07, 6.45) is 1.87. The number of carbonyl (C=O) groups is 1. The lowest BCUT2D eigenvalue weighted by molar-refractivity contribution is 0.0711. The van der Waals surface area contributed by atoms with Crippen LogP contribution in [-0.4, -0.2) is 47.6 Å². The van der Waals surface area contributed by atoms with E-state index in [4.69, 9.17) is 5.73 Å². The molecule has 2 aliphatic heterocycles. The fraction of sp³-hybridized carbons (Fsp3) is 0.409. The van der Waals surface area contributed by atoms with Crippen molar-refractivity contribution in [3.8, 4) is 0 Å². The Hall–Kier alpha value is -2.19. The topological polar surface area (TPSA) is 98.8 Å². The number of nitrogens with two attached hydrogens (primary N) is 1. The standard InChI is InChI=1S/C22H28BN3O3/c24-12-15-3-1-4-17(11-15)16-7-9-26(10-8-16)22(27)19-6-2-5-18-20(19)13-25-14-21(18)23(28)29/h1-6,11,16,21,25,28-29H,7-10,12-14,24H2. The van der Waals surface area contributed by atoms with Crippen LogP contribution in [0.15, 0.2) is 42.5 Å².